The molecule has 4 aromatic heterocycles. The number of para-hydroxylation sites is 6. The summed E-state index contributed by atoms with van der Waals surface area (Å²) in [5.74, 6) is 0. The van der Waals surface area contributed by atoms with Gasteiger partial charge in [0.25, 0.3) is 0 Å². The zero-order valence-corrected chi connectivity index (χ0v) is 65.9. The highest BCUT2D eigenvalue weighted by atomic mass is 15.0. The molecule has 23 aromatic rings. The molecule has 19 aromatic carbocycles. The molecule has 0 N–H and O–H groups in total. The van der Waals surface area contributed by atoms with Crippen LogP contribution < -0.4 is 0 Å². The van der Waals surface area contributed by atoms with Gasteiger partial charge in [-0.15, -0.1) is 0 Å². The van der Waals surface area contributed by atoms with Crippen molar-refractivity contribution in [2.75, 3.05) is 0 Å². The smallest absolute Gasteiger partial charge is 0.0541 e. The van der Waals surface area contributed by atoms with Crippen LogP contribution in [-0.4, -0.2) is 18.3 Å². The molecule has 4 heterocycles. The van der Waals surface area contributed by atoms with Crippen molar-refractivity contribution < 1.29 is 0 Å². The van der Waals surface area contributed by atoms with Gasteiger partial charge in [0, 0.05) is 76.4 Å². The summed E-state index contributed by atoms with van der Waals surface area (Å²) >= 11 is 0. The lowest BCUT2D eigenvalue weighted by atomic mass is 9.81. The maximum atomic E-state index is 2.48. The molecular formula is C114H78N4. The topological polar surface area (TPSA) is 19.7 Å². The van der Waals surface area contributed by atoms with Crippen molar-refractivity contribution >= 4 is 120 Å². The summed E-state index contributed by atoms with van der Waals surface area (Å²) in [5, 5.41) is 17.7. The Morgan fingerprint density at radius 1 is 0.169 bits per heavy atom. The van der Waals surface area contributed by atoms with Crippen LogP contribution in [0.4, 0.5) is 0 Å². The van der Waals surface area contributed by atoms with Gasteiger partial charge in [0.2, 0.25) is 0 Å². The van der Waals surface area contributed by atoms with Gasteiger partial charge in [-0.3, -0.25) is 0 Å². The van der Waals surface area contributed by atoms with E-state index in [9.17, 15) is 0 Å². The number of rotatable bonds is 8. The fourth-order valence-corrected chi connectivity index (χ4v) is 20.7. The Hall–Kier alpha value is -14.8. The molecule has 0 radical (unpaired) electrons. The molecule has 4 heteroatoms. The molecule has 0 bridgehead atoms. The van der Waals surface area contributed by atoms with Gasteiger partial charge in [0.15, 0.2) is 0 Å². The molecule has 0 saturated heterocycles. The Morgan fingerprint density at radius 3 is 1.11 bits per heavy atom. The minimum Gasteiger partial charge on any atom is -0.309 e. The van der Waals surface area contributed by atoms with E-state index < -0.39 is 0 Å². The Bertz CT molecular complexity index is 8180. The van der Waals surface area contributed by atoms with E-state index in [4.69, 9.17) is 0 Å². The predicted molar refractivity (Wildman–Crippen MR) is 500 cm³/mol. The maximum Gasteiger partial charge on any atom is 0.0541 e. The first-order valence-corrected chi connectivity index (χ1v) is 41.3. The Balaban J connectivity index is 0.000000135. The first kappa shape index (κ1) is 67.6. The lowest BCUT2D eigenvalue weighted by Gasteiger charge is -2.22. The van der Waals surface area contributed by atoms with E-state index in [0.29, 0.717) is 0 Å². The second-order valence-electron chi connectivity index (χ2n) is 33.5. The molecule has 25 rings (SSSR count). The van der Waals surface area contributed by atoms with Crippen LogP contribution in [0.5, 0.6) is 0 Å². The normalized spacial score (nSPS) is 13.2. The van der Waals surface area contributed by atoms with E-state index in [1.54, 1.807) is 0 Å². The van der Waals surface area contributed by atoms with Gasteiger partial charge >= 0.3 is 0 Å². The predicted octanol–water partition coefficient (Wildman–Crippen LogP) is 30.5. The molecule has 2 aliphatic carbocycles. The molecule has 0 amide bonds. The Labute approximate surface area is 683 Å². The summed E-state index contributed by atoms with van der Waals surface area (Å²) in [6.45, 7) is 9.47. The summed E-state index contributed by atoms with van der Waals surface area (Å²) in [6, 6.07) is 149. The van der Waals surface area contributed by atoms with Crippen LogP contribution in [0.15, 0.2) is 400 Å². The molecule has 4 nitrogen and oxygen atoms in total. The Kier molecular flexibility index (Phi) is 14.8. The van der Waals surface area contributed by atoms with Crippen LogP contribution >= 0.6 is 0 Å². The first-order chi connectivity index (χ1) is 58.0. The minimum absolute atomic E-state index is 0.0299. The fraction of sp³-hybridized carbons (Fsp3) is 0.0526. The number of nitrogens with zero attached hydrogens (tertiary/aromatic N) is 4. The standard InChI is InChI=1S/C59H40N2.C55H38N2/c1-59(2)51-30-25-37-14-6-7-17-43(37)58(51)48-28-24-40(36-52(48)59)42-29-33-55(45-19-9-8-18-44(42)45)61-54-23-13-11-21-47(54)50-35-39(27-32-57(50)61)38-26-31-56-49(34-38)46-20-10-12-22-53(46)60(56)41-15-4-3-5-16-41;1-55(2)49-17-9-6-14-43(49)44-27-23-39(34-50(44)55)36-21-20-35-22-26-42(31-40(35)30-36)57-52-19-11-8-16-46(52)48-33-38(25-29-54(48)57)37-24-28-53-47(32-37)45-15-7-10-18-51(45)56(53)41-12-4-3-5-13-41/h3-36H,1-2H3;3-34H,1-2H3. The van der Waals surface area contributed by atoms with Crippen LogP contribution in [0, 0.1) is 0 Å². The van der Waals surface area contributed by atoms with E-state index in [2.05, 4.69) is 446 Å². The SMILES string of the molecule is CC1(C)c2cc(-c3ccc(-n4c5ccccc5c5cc(-c6ccc7c(c6)c6ccccc6n7-c6ccccc6)ccc54)c4ccccc34)ccc2-c2c1ccc1ccccc21.CC1(C)c2ccccc2-c2ccc(-c3ccc4ccc(-n5c6ccccc6c6cc(-c7ccc8c(c7)c7ccccc7n8-c7ccccc7)ccc65)cc4c3)cc21. The average molecular weight is 1500 g/mol. The first-order valence-electron chi connectivity index (χ1n) is 41.3. The zero-order valence-electron chi connectivity index (χ0n) is 65.9. The largest absolute Gasteiger partial charge is 0.309 e. The quantitative estimate of drug-likeness (QED) is 0.144. The highest BCUT2D eigenvalue weighted by Crippen LogP contribution is 2.54. The van der Waals surface area contributed by atoms with Crippen molar-refractivity contribution in [1.82, 2.24) is 18.3 Å². The monoisotopic (exact) mass is 1500 g/mol. The van der Waals surface area contributed by atoms with Crippen LogP contribution in [0.2, 0.25) is 0 Å². The summed E-state index contributed by atoms with van der Waals surface area (Å²) in [7, 11) is 0. The third-order valence-corrected chi connectivity index (χ3v) is 26.4. The molecular weight excluding hydrogens is 1430 g/mol. The molecule has 2 aliphatic rings. The van der Waals surface area contributed by atoms with E-state index >= 15 is 0 Å². The van der Waals surface area contributed by atoms with Crippen molar-refractivity contribution in [3.63, 3.8) is 0 Å². The molecule has 0 fully saturated rings. The number of benzene rings is 19. The third kappa shape index (κ3) is 10.2. The van der Waals surface area contributed by atoms with Crippen LogP contribution in [0.25, 0.3) is 209 Å². The van der Waals surface area contributed by atoms with Gasteiger partial charge in [0.05, 0.1) is 49.8 Å². The molecule has 0 saturated carbocycles. The van der Waals surface area contributed by atoms with Gasteiger partial charge in [-0.05, 0) is 249 Å². The van der Waals surface area contributed by atoms with Gasteiger partial charge in [-0.25, -0.2) is 0 Å². The van der Waals surface area contributed by atoms with Crippen LogP contribution in [0.3, 0.4) is 0 Å². The molecule has 0 unspecified atom stereocenters. The van der Waals surface area contributed by atoms with E-state index in [0.717, 1.165) is 0 Å². The van der Waals surface area contributed by atoms with Crippen molar-refractivity contribution in [3.05, 3.63) is 423 Å². The van der Waals surface area contributed by atoms with Crippen molar-refractivity contribution in [3.8, 4) is 89.5 Å². The fourth-order valence-electron chi connectivity index (χ4n) is 20.7. The van der Waals surface area contributed by atoms with Crippen molar-refractivity contribution in [2.24, 2.45) is 0 Å². The average Bonchev–Trinajstić information content (AvgIpc) is 1.56. The summed E-state index contributed by atoms with van der Waals surface area (Å²) in [6.07, 6.45) is 0. The lowest BCUT2D eigenvalue weighted by Crippen LogP contribution is -2.15. The summed E-state index contributed by atoms with van der Waals surface area (Å²) in [5.41, 5.74) is 35.2. The zero-order chi connectivity index (χ0) is 78.2. The third-order valence-electron chi connectivity index (χ3n) is 26.4. The van der Waals surface area contributed by atoms with E-state index in [1.807, 2.05) is 0 Å². The molecule has 0 atom stereocenters. The summed E-state index contributed by atoms with van der Waals surface area (Å²) < 4.78 is 9.67. The van der Waals surface area contributed by atoms with Gasteiger partial charge in [-0.2, -0.15) is 0 Å². The van der Waals surface area contributed by atoms with Crippen molar-refractivity contribution in [2.45, 2.75) is 38.5 Å². The molecule has 118 heavy (non-hydrogen) atoms. The van der Waals surface area contributed by atoms with Crippen LogP contribution in [0.1, 0.15) is 49.9 Å². The highest BCUT2D eigenvalue weighted by molar-refractivity contribution is 6.17. The Morgan fingerprint density at radius 2 is 0.534 bits per heavy atom. The highest BCUT2D eigenvalue weighted by Gasteiger charge is 2.38. The number of hydrogen-bond donors (Lipinski definition) is 0. The summed E-state index contributed by atoms with van der Waals surface area (Å²) in [4.78, 5) is 0. The minimum atomic E-state index is -0.102. The number of aromatic nitrogens is 4. The lowest BCUT2D eigenvalue weighted by molar-refractivity contribution is 0.660. The van der Waals surface area contributed by atoms with Crippen molar-refractivity contribution in [1.29, 1.82) is 0 Å². The van der Waals surface area contributed by atoms with E-state index in [-0.39, 0.29) is 10.8 Å². The number of fused-ring (bicyclic) bond motifs is 22. The van der Waals surface area contributed by atoms with E-state index in [1.165, 1.54) is 231 Å². The number of hydrogen-bond acceptors (Lipinski definition) is 0. The molecule has 0 aliphatic heterocycles. The van der Waals surface area contributed by atoms with Gasteiger partial charge < -0.3 is 18.3 Å². The van der Waals surface area contributed by atoms with Crippen LogP contribution in [-0.2, 0) is 10.8 Å². The molecule has 0 spiro atoms. The van der Waals surface area contributed by atoms with Gasteiger partial charge in [-0.1, -0.05) is 295 Å². The maximum absolute atomic E-state index is 2.48. The van der Waals surface area contributed by atoms with Gasteiger partial charge in [0.1, 0.15) is 0 Å². The molecule has 554 valence electrons. The second kappa shape index (κ2) is 25.8. The second-order valence-corrected chi connectivity index (χ2v) is 33.5.